The van der Waals surface area contributed by atoms with Crippen molar-refractivity contribution >= 4 is 5.91 Å². The first kappa shape index (κ1) is 12.1. The molecule has 0 radical (unpaired) electrons. The summed E-state index contributed by atoms with van der Waals surface area (Å²) in [5.74, 6) is 0.112. The summed E-state index contributed by atoms with van der Waals surface area (Å²) in [5, 5.41) is 0. The third kappa shape index (κ3) is 2.07. The van der Waals surface area contributed by atoms with Crippen LogP contribution in [-0.4, -0.2) is 29.4 Å². The van der Waals surface area contributed by atoms with Gasteiger partial charge in [0.2, 0.25) is 0 Å². The number of likely N-dealkylation sites (tertiary alicyclic amines) is 1. The summed E-state index contributed by atoms with van der Waals surface area (Å²) in [7, 11) is 0. The molecule has 0 aliphatic carbocycles. The molecule has 3 heteroatoms. The van der Waals surface area contributed by atoms with Gasteiger partial charge in [0.15, 0.2) is 0 Å². The fourth-order valence-corrected chi connectivity index (χ4v) is 2.23. The van der Waals surface area contributed by atoms with E-state index in [9.17, 15) is 4.79 Å². The molecule has 1 amide bonds. The van der Waals surface area contributed by atoms with Gasteiger partial charge in [-0.05, 0) is 37.5 Å². The fourth-order valence-electron chi connectivity index (χ4n) is 2.23. The van der Waals surface area contributed by atoms with Crippen molar-refractivity contribution in [3.05, 3.63) is 34.9 Å². The molecule has 1 aliphatic rings. The molecule has 1 aliphatic heterocycles. The lowest BCUT2D eigenvalue weighted by Gasteiger charge is -2.47. The molecule has 0 atom stereocenters. The highest BCUT2D eigenvalue weighted by atomic mass is 16.2. The molecule has 2 N–H and O–H groups in total. The lowest BCUT2D eigenvalue weighted by atomic mass is 9.87. The molecule has 1 aromatic carbocycles. The van der Waals surface area contributed by atoms with Gasteiger partial charge in [0, 0.05) is 18.7 Å². The molecule has 0 aromatic heterocycles. The molecule has 92 valence electrons. The van der Waals surface area contributed by atoms with E-state index in [0.29, 0.717) is 13.1 Å². The van der Waals surface area contributed by atoms with Crippen LogP contribution in [0.25, 0.3) is 0 Å². The Balaban J connectivity index is 2.15. The van der Waals surface area contributed by atoms with Crippen LogP contribution in [0.3, 0.4) is 0 Å². The molecule has 0 spiro atoms. The number of rotatable bonds is 2. The Morgan fingerprint density at radius 1 is 1.41 bits per heavy atom. The highest BCUT2D eigenvalue weighted by Crippen LogP contribution is 2.25. The molecule has 0 saturated carbocycles. The van der Waals surface area contributed by atoms with Crippen LogP contribution in [0.2, 0.25) is 0 Å². The Kier molecular flexibility index (Phi) is 2.96. The zero-order valence-corrected chi connectivity index (χ0v) is 10.8. The van der Waals surface area contributed by atoms with Gasteiger partial charge in [-0.1, -0.05) is 19.1 Å². The first-order chi connectivity index (χ1) is 7.97. The van der Waals surface area contributed by atoms with E-state index in [2.05, 4.69) is 6.92 Å². The first-order valence-electron chi connectivity index (χ1n) is 6.11. The van der Waals surface area contributed by atoms with Gasteiger partial charge in [-0.3, -0.25) is 4.79 Å². The van der Waals surface area contributed by atoms with Crippen molar-refractivity contribution in [2.45, 2.75) is 32.7 Å². The van der Waals surface area contributed by atoms with Crippen LogP contribution in [0.5, 0.6) is 0 Å². The largest absolute Gasteiger partial charge is 0.335 e. The van der Waals surface area contributed by atoms with E-state index >= 15 is 0 Å². The predicted molar refractivity (Wildman–Crippen MR) is 69.0 cm³/mol. The molecule has 2 rings (SSSR count). The van der Waals surface area contributed by atoms with Crippen molar-refractivity contribution in [3.8, 4) is 0 Å². The number of benzene rings is 1. The van der Waals surface area contributed by atoms with Gasteiger partial charge in [0.1, 0.15) is 0 Å². The lowest BCUT2D eigenvalue weighted by molar-refractivity contribution is 0.0400. The number of carbonyl (C=O) groups is 1. The molecule has 1 fully saturated rings. The van der Waals surface area contributed by atoms with E-state index in [-0.39, 0.29) is 11.4 Å². The van der Waals surface area contributed by atoms with E-state index in [1.807, 2.05) is 36.9 Å². The number of nitrogens with zero attached hydrogens (tertiary/aromatic N) is 1. The minimum atomic E-state index is -0.159. The molecular formula is C14H20N2O. The molecule has 0 unspecified atom stereocenters. The Labute approximate surface area is 103 Å². The van der Waals surface area contributed by atoms with Crippen LogP contribution in [0, 0.1) is 13.8 Å². The third-order valence-corrected chi connectivity index (χ3v) is 3.84. The number of carbonyl (C=O) groups excluding carboxylic acids is 1. The molecule has 0 bridgehead atoms. The van der Waals surface area contributed by atoms with Gasteiger partial charge >= 0.3 is 0 Å². The average molecular weight is 232 g/mol. The minimum absolute atomic E-state index is 0.112. The van der Waals surface area contributed by atoms with Gasteiger partial charge in [-0.15, -0.1) is 0 Å². The number of hydrogen-bond acceptors (Lipinski definition) is 2. The van der Waals surface area contributed by atoms with Crippen LogP contribution in [0.4, 0.5) is 0 Å². The second-order valence-corrected chi connectivity index (χ2v) is 5.12. The molecule has 1 saturated heterocycles. The van der Waals surface area contributed by atoms with E-state index in [0.717, 1.165) is 23.1 Å². The van der Waals surface area contributed by atoms with Crippen molar-refractivity contribution in [3.63, 3.8) is 0 Å². The second-order valence-electron chi connectivity index (χ2n) is 5.12. The van der Waals surface area contributed by atoms with Crippen LogP contribution >= 0.6 is 0 Å². The first-order valence-corrected chi connectivity index (χ1v) is 6.11. The molecule has 1 heterocycles. The summed E-state index contributed by atoms with van der Waals surface area (Å²) in [6, 6.07) is 5.86. The topological polar surface area (TPSA) is 46.3 Å². The average Bonchev–Trinajstić information content (AvgIpc) is 2.28. The standard InChI is InChI=1S/C14H20N2O/c1-4-14(15)8-16(9-14)13(17)12-7-5-6-10(2)11(12)3/h5-7H,4,8-9,15H2,1-3H3. The summed E-state index contributed by atoms with van der Waals surface area (Å²) in [4.78, 5) is 14.1. The van der Waals surface area contributed by atoms with Gasteiger partial charge < -0.3 is 10.6 Å². The summed E-state index contributed by atoms with van der Waals surface area (Å²) >= 11 is 0. The maximum atomic E-state index is 12.3. The van der Waals surface area contributed by atoms with E-state index in [1.54, 1.807) is 0 Å². The zero-order valence-electron chi connectivity index (χ0n) is 10.8. The number of amides is 1. The second kappa shape index (κ2) is 4.15. The Morgan fingerprint density at radius 3 is 2.65 bits per heavy atom. The molecule has 17 heavy (non-hydrogen) atoms. The molecule has 1 aromatic rings. The van der Waals surface area contributed by atoms with E-state index in [1.165, 1.54) is 0 Å². The van der Waals surface area contributed by atoms with Crippen LogP contribution in [0.1, 0.15) is 34.8 Å². The quantitative estimate of drug-likeness (QED) is 0.846. The molecular weight excluding hydrogens is 212 g/mol. The Morgan fingerprint density at radius 2 is 2.06 bits per heavy atom. The SMILES string of the molecule is CCC1(N)CN(C(=O)c2cccc(C)c2C)C1. The third-order valence-electron chi connectivity index (χ3n) is 3.84. The van der Waals surface area contributed by atoms with Crippen molar-refractivity contribution in [2.24, 2.45) is 5.73 Å². The monoisotopic (exact) mass is 232 g/mol. The molecule has 3 nitrogen and oxygen atoms in total. The summed E-state index contributed by atoms with van der Waals surface area (Å²) in [5.41, 5.74) is 8.96. The maximum Gasteiger partial charge on any atom is 0.254 e. The Hall–Kier alpha value is -1.35. The van der Waals surface area contributed by atoms with Gasteiger partial charge in [0.25, 0.3) is 5.91 Å². The maximum absolute atomic E-state index is 12.3. The van der Waals surface area contributed by atoms with Gasteiger partial charge in [-0.2, -0.15) is 0 Å². The summed E-state index contributed by atoms with van der Waals surface area (Å²) in [6.45, 7) is 7.45. The number of hydrogen-bond donors (Lipinski definition) is 1. The van der Waals surface area contributed by atoms with Crippen molar-refractivity contribution in [1.29, 1.82) is 0 Å². The van der Waals surface area contributed by atoms with Gasteiger partial charge in [-0.25, -0.2) is 0 Å². The summed E-state index contributed by atoms with van der Waals surface area (Å²) < 4.78 is 0. The summed E-state index contributed by atoms with van der Waals surface area (Å²) in [6.07, 6.45) is 0.920. The Bertz CT molecular complexity index is 448. The van der Waals surface area contributed by atoms with Crippen molar-refractivity contribution < 1.29 is 4.79 Å². The lowest BCUT2D eigenvalue weighted by Crippen LogP contribution is -2.68. The van der Waals surface area contributed by atoms with E-state index < -0.39 is 0 Å². The van der Waals surface area contributed by atoms with Crippen LogP contribution in [-0.2, 0) is 0 Å². The normalized spacial score (nSPS) is 17.8. The smallest absolute Gasteiger partial charge is 0.254 e. The number of aryl methyl sites for hydroxylation is 1. The number of nitrogens with two attached hydrogens (primary N) is 1. The van der Waals surface area contributed by atoms with Gasteiger partial charge in [0.05, 0.1) is 5.54 Å². The predicted octanol–water partition coefficient (Wildman–Crippen LogP) is 1.87. The van der Waals surface area contributed by atoms with Crippen molar-refractivity contribution in [2.75, 3.05) is 13.1 Å². The van der Waals surface area contributed by atoms with Crippen LogP contribution < -0.4 is 5.73 Å². The zero-order chi connectivity index (χ0) is 12.6. The van der Waals surface area contributed by atoms with Crippen LogP contribution in [0.15, 0.2) is 18.2 Å². The minimum Gasteiger partial charge on any atom is -0.335 e. The van der Waals surface area contributed by atoms with Crippen molar-refractivity contribution in [1.82, 2.24) is 4.90 Å². The van der Waals surface area contributed by atoms with E-state index in [4.69, 9.17) is 5.73 Å². The highest BCUT2D eigenvalue weighted by molar-refractivity contribution is 5.96. The highest BCUT2D eigenvalue weighted by Gasteiger charge is 2.40. The fraction of sp³-hybridized carbons (Fsp3) is 0.500.